The monoisotopic (exact) mass is 374 g/mol. The molecular weight excluding hydrogens is 348 g/mol. The second-order valence-corrected chi connectivity index (χ2v) is 8.52. The van der Waals surface area contributed by atoms with Crippen LogP contribution in [0, 0.1) is 20.8 Å². The number of sulfonamides is 1. The van der Waals surface area contributed by atoms with Crippen LogP contribution in [0.25, 0.3) is 0 Å². The molecule has 1 heterocycles. The molecule has 0 spiro atoms. The maximum Gasteiger partial charge on any atom is 0.261 e. The van der Waals surface area contributed by atoms with Gasteiger partial charge in [-0.05, 0) is 74.6 Å². The summed E-state index contributed by atoms with van der Waals surface area (Å²) in [4.78, 5) is 2.58. The molecule has 1 saturated heterocycles. The van der Waals surface area contributed by atoms with Gasteiger partial charge in [0.1, 0.15) is 5.75 Å². The summed E-state index contributed by atoms with van der Waals surface area (Å²) < 4.78 is 33.6. The number of nitrogens with zero attached hydrogens (tertiary/aromatic N) is 1. The third-order valence-electron chi connectivity index (χ3n) is 4.96. The van der Waals surface area contributed by atoms with Crippen molar-refractivity contribution in [2.75, 3.05) is 29.8 Å². The van der Waals surface area contributed by atoms with Gasteiger partial charge in [0, 0.05) is 18.8 Å². The smallest absolute Gasteiger partial charge is 0.261 e. The first-order valence-corrected chi connectivity index (χ1v) is 10.3. The van der Waals surface area contributed by atoms with Gasteiger partial charge in [-0.25, -0.2) is 8.42 Å². The van der Waals surface area contributed by atoms with Gasteiger partial charge < -0.3 is 9.64 Å². The van der Waals surface area contributed by atoms with Crippen LogP contribution in [0.1, 0.15) is 29.5 Å². The van der Waals surface area contributed by atoms with E-state index in [1.54, 1.807) is 31.4 Å². The molecule has 1 N–H and O–H groups in total. The number of benzene rings is 2. The van der Waals surface area contributed by atoms with Gasteiger partial charge in [-0.1, -0.05) is 6.07 Å². The van der Waals surface area contributed by atoms with E-state index in [0.717, 1.165) is 29.9 Å². The molecule has 5 nitrogen and oxygen atoms in total. The van der Waals surface area contributed by atoms with E-state index in [1.807, 2.05) is 13.8 Å². The molecule has 0 saturated carbocycles. The predicted molar refractivity (Wildman–Crippen MR) is 106 cm³/mol. The van der Waals surface area contributed by atoms with Crippen molar-refractivity contribution in [3.8, 4) is 5.75 Å². The molecule has 2 aromatic carbocycles. The maximum atomic E-state index is 12.9. The first kappa shape index (κ1) is 18.6. The van der Waals surface area contributed by atoms with Crippen LogP contribution in [-0.2, 0) is 10.0 Å². The lowest BCUT2D eigenvalue weighted by Crippen LogP contribution is -2.22. The number of anilines is 2. The van der Waals surface area contributed by atoms with Crippen LogP contribution in [0.4, 0.5) is 11.4 Å². The average molecular weight is 375 g/mol. The Morgan fingerprint density at radius 2 is 1.62 bits per heavy atom. The Balaban J connectivity index is 1.99. The van der Waals surface area contributed by atoms with Gasteiger partial charge in [0.05, 0.1) is 17.7 Å². The Bertz CT molecular complexity index is 900. The lowest BCUT2D eigenvalue weighted by Gasteiger charge is -2.26. The first-order chi connectivity index (χ1) is 12.3. The Morgan fingerprint density at radius 3 is 2.19 bits per heavy atom. The second-order valence-electron chi connectivity index (χ2n) is 6.83. The largest absolute Gasteiger partial charge is 0.497 e. The molecule has 6 heteroatoms. The fourth-order valence-corrected chi connectivity index (χ4v) is 4.90. The number of nitrogens with one attached hydrogen (secondary N) is 1. The number of hydrogen-bond donors (Lipinski definition) is 1. The normalized spacial score (nSPS) is 14.5. The number of rotatable bonds is 5. The topological polar surface area (TPSA) is 58.6 Å². The average Bonchev–Trinajstić information content (AvgIpc) is 3.12. The fraction of sp³-hybridized carbons (Fsp3) is 0.400. The summed E-state index contributed by atoms with van der Waals surface area (Å²) in [5.41, 5.74) is 4.93. The number of ether oxygens (including phenoxy) is 1. The van der Waals surface area contributed by atoms with Gasteiger partial charge in [0.15, 0.2) is 0 Å². The number of hydrogen-bond acceptors (Lipinski definition) is 4. The third kappa shape index (κ3) is 3.51. The van der Waals surface area contributed by atoms with Crippen LogP contribution < -0.4 is 14.4 Å². The lowest BCUT2D eigenvalue weighted by molar-refractivity contribution is 0.414. The molecule has 1 aliphatic rings. The summed E-state index contributed by atoms with van der Waals surface area (Å²) in [6.45, 7) is 8.08. The van der Waals surface area contributed by atoms with E-state index in [1.165, 1.54) is 18.4 Å². The Kier molecular flexibility index (Phi) is 5.14. The molecule has 0 amide bonds. The van der Waals surface area contributed by atoms with Gasteiger partial charge in [-0.3, -0.25) is 4.72 Å². The van der Waals surface area contributed by atoms with Crippen LogP contribution in [0.5, 0.6) is 5.75 Å². The number of aryl methyl sites for hydroxylation is 2. The van der Waals surface area contributed by atoms with Gasteiger partial charge >= 0.3 is 0 Å². The summed E-state index contributed by atoms with van der Waals surface area (Å²) >= 11 is 0. The van der Waals surface area contributed by atoms with Gasteiger partial charge in [-0.2, -0.15) is 0 Å². The molecule has 0 radical (unpaired) electrons. The van der Waals surface area contributed by atoms with Crippen molar-refractivity contribution in [2.24, 2.45) is 0 Å². The Labute approximate surface area is 156 Å². The predicted octanol–water partition coefficient (Wildman–Crippen LogP) is 4.02. The zero-order chi connectivity index (χ0) is 18.9. The molecular formula is C20H26N2O3S. The SMILES string of the molecule is COc1ccc(S(=O)(=O)Nc2c(C)cc(C)c(N3CCCC3)c2C)cc1. The van der Waals surface area contributed by atoms with E-state index >= 15 is 0 Å². The summed E-state index contributed by atoms with van der Waals surface area (Å²) in [6, 6.07) is 8.48. The highest BCUT2D eigenvalue weighted by Gasteiger charge is 2.22. The molecule has 0 bridgehead atoms. The van der Waals surface area contributed by atoms with Crippen molar-refractivity contribution in [1.82, 2.24) is 0 Å². The number of methoxy groups -OCH3 is 1. The molecule has 2 aromatic rings. The minimum atomic E-state index is -3.66. The second kappa shape index (κ2) is 7.19. The molecule has 0 aromatic heterocycles. The van der Waals surface area contributed by atoms with Crippen molar-refractivity contribution in [3.63, 3.8) is 0 Å². The van der Waals surface area contributed by atoms with Crippen LogP contribution in [0.2, 0.25) is 0 Å². The lowest BCUT2D eigenvalue weighted by atomic mass is 10.0. The van der Waals surface area contributed by atoms with Crippen LogP contribution in [0.15, 0.2) is 35.2 Å². The van der Waals surface area contributed by atoms with E-state index in [-0.39, 0.29) is 4.90 Å². The fourth-order valence-electron chi connectivity index (χ4n) is 3.71. The quantitative estimate of drug-likeness (QED) is 0.859. The summed E-state index contributed by atoms with van der Waals surface area (Å²) in [5.74, 6) is 0.628. The highest BCUT2D eigenvalue weighted by atomic mass is 32.2. The van der Waals surface area contributed by atoms with Gasteiger partial charge in [0.2, 0.25) is 0 Å². The van der Waals surface area contributed by atoms with Crippen LogP contribution in [-0.4, -0.2) is 28.6 Å². The summed E-state index contributed by atoms with van der Waals surface area (Å²) in [6.07, 6.45) is 2.36. The molecule has 0 atom stereocenters. The molecule has 140 valence electrons. The first-order valence-electron chi connectivity index (χ1n) is 8.86. The Morgan fingerprint density at radius 1 is 1.00 bits per heavy atom. The van der Waals surface area contributed by atoms with Gasteiger partial charge in [0.25, 0.3) is 10.0 Å². The van der Waals surface area contributed by atoms with E-state index in [0.29, 0.717) is 11.4 Å². The van der Waals surface area contributed by atoms with Crippen molar-refractivity contribution in [1.29, 1.82) is 0 Å². The van der Waals surface area contributed by atoms with E-state index in [9.17, 15) is 8.42 Å². The summed E-state index contributed by atoms with van der Waals surface area (Å²) in [5, 5.41) is 0. The van der Waals surface area contributed by atoms with Crippen molar-refractivity contribution >= 4 is 21.4 Å². The van der Waals surface area contributed by atoms with Crippen LogP contribution in [0.3, 0.4) is 0 Å². The van der Waals surface area contributed by atoms with E-state index in [2.05, 4.69) is 22.6 Å². The van der Waals surface area contributed by atoms with Crippen molar-refractivity contribution in [3.05, 3.63) is 47.0 Å². The molecule has 0 aliphatic carbocycles. The molecule has 1 fully saturated rings. The minimum Gasteiger partial charge on any atom is -0.497 e. The zero-order valence-corrected chi connectivity index (χ0v) is 16.6. The minimum absolute atomic E-state index is 0.223. The standard InChI is InChI=1S/C20H26N2O3S/c1-14-13-15(2)20(22-11-5-6-12-22)16(3)19(14)21-26(23,24)18-9-7-17(25-4)8-10-18/h7-10,13,21H,5-6,11-12H2,1-4H3. The molecule has 1 aliphatic heterocycles. The molecule has 3 rings (SSSR count). The highest BCUT2D eigenvalue weighted by Crippen LogP contribution is 2.36. The van der Waals surface area contributed by atoms with Crippen LogP contribution >= 0.6 is 0 Å². The highest BCUT2D eigenvalue weighted by molar-refractivity contribution is 7.92. The zero-order valence-electron chi connectivity index (χ0n) is 15.8. The van der Waals surface area contributed by atoms with E-state index < -0.39 is 10.0 Å². The van der Waals surface area contributed by atoms with Crippen molar-refractivity contribution in [2.45, 2.75) is 38.5 Å². The Hall–Kier alpha value is -2.21. The van der Waals surface area contributed by atoms with Crippen molar-refractivity contribution < 1.29 is 13.2 Å². The summed E-state index contributed by atoms with van der Waals surface area (Å²) in [7, 11) is -2.10. The molecule has 26 heavy (non-hydrogen) atoms. The maximum absolute atomic E-state index is 12.9. The van der Waals surface area contributed by atoms with E-state index in [4.69, 9.17) is 4.74 Å². The van der Waals surface area contributed by atoms with Gasteiger partial charge in [-0.15, -0.1) is 0 Å². The third-order valence-corrected chi connectivity index (χ3v) is 6.33. The molecule has 0 unspecified atom stereocenters.